The van der Waals surface area contributed by atoms with Gasteiger partial charge in [-0.05, 0) is 114 Å². The highest BCUT2D eigenvalue weighted by atomic mass is 16.3. The van der Waals surface area contributed by atoms with E-state index in [0.717, 1.165) is 12.3 Å². The van der Waals surface area contributed by atoms with E-state index in [2.05, 4.69) is 55.4 Å². The molecule has 1 N–H and O–H groups in total. The van der Waals surface area contributed by atoms with Crippen LogP contribution in [-0.4, -0.2) is 17.0 Å². The van der Waals surface area contributed by atoms with E-state index in [4.69, 9.17) is 0 Å². The fraction of sp³-hybridized carbons (Fsp3) is 0.967. The lowest BCUT2D eigenvalue weighted by molar-refractivity contribution is -0.259. The predicted molar refractivity (Wildman–Crippen MR) is 131 cm³/mol. The Balaban J connectivity index is 1.55. The Morgan fingerprint density at radius 1 is 0.719 bits per heavy atom. The van der Waals surface area contributed by atoms with Crippen LogP contribution in [0.1, 0.15) is 120 Å². The summed E-state index contributed by atoms with van der Waals surface area (Å²) in [6, 6.07) is 0. The van der Waals surface area contributed by atoms with Gasteiger partial charge in [-0.25, -0.2) is 0 Å². The van der Waals surface area contributed by atoms with Crippen molar-refractivity contribution in [2.45, 2.75) is 126 Å². The third kappa shape index (κ3) is 2.71. The Bertz CT molecular complexity index is 816. The van der Waals surface area contributed by atoms with Crippen LogP contribution < -0.4 is 0 Å². The highest BCUT2D eigenvalue weighted by Gasteiger charge is 2.71. The molecule has 0 amide bonds. The van der Waals surface area contributed by atoms with Gasteiger partial charge in [0.15, 0.2) is 5.78 Å². The third-order valence-electron chi connectivity index (χ3n) is 13.8. The van der Waals surface area contributed by atoms with Crippen LogP contribution in [0.2, 0.25) is 0 Å². The van der Waals surface area contributed by atoms with Crippen LogP contribution in [0, 0.1) is 56.2 Å². The predicted octanol–water partition coefficient (Wildman–Crippen LogP) is 7.43. The molecular weight excluding hydrogens is 392 g/mol. The van der Waals surface area contributed by atoms with Gasteiger partial charge in [0.2, 0.25) is 0 Å². The van der Waals surface area contributed by atoms with Crippen LogP contribution in [0.25, 0.3) is 0 Å². The van der Waals surface area contributed by atoms with Crippen molar-refractivity contribution < 1.29 is 9.90 Å². The fourth-order valence-corrected chi connectivity index (χ4v) is 11.1. The molecule has 0 heterocycles. The summed E-state index contributed by atoms with van der Waals surface area (Å²) in [6.45, 7) is 20.1. The molecule has 0 radical (unpaired) electrons. The van der Waals surface area contributed by atoms with E-state index in [1.165, 1.54) is 51.4 Å². The largest absolute Gasteiger partial charge is 0.385 e. The molecule has 0 aliphatic heterocycles. The maximum Gasteiger partial charge on any atom is 0.164 e. The average Bonchev–Trinajstić information content (AvgIpc) is 2.72. The zero-order valence-electron chi connectivity index (χ0n) is 22.3. The van der Waals surface area contributed by atoms with Crippen LogP contribution in [-0.2, 0) is 4.79 Å². The third-order valence-corrected chi connectivity index (χ3v) is 13.8. The Kier molecular flexibility index (Phi) is 4.85. The summed E-state index contributed by atoms with van der Waals surface area (Å²) in [6.07, 6.45) is 12.0. The maximum absolute atomic E-state index is 12.8. The summed E-state index contributed by atoms with van der Waals surface area (Å²) in [4.78, 5) is 12.8. The zero-order chi connectivity index (χ0) is 23.5. The van der Waals surface area contributed by atoms with E-state index in [1.807, 2.05) is 0 Å². The Morgan fingerprint density at radius 3 is 2.00 bits per heavy atom. The van der Waals surface area contributed by atoms with Crippen molar-refractivity contribution in [2.75, 3.05) is 0 Å². The molecule has 5 rings (SSSR count). The molecule has 182 valence electrons. The molecule has 0 bridgehead atoms. The highest BCUT2D eigenvalue weighted by molar-refractivity contribution is 5.86. The SMILES string of the molecule is C[C@@H]1C(=O)[C@@H](O)C[C@@H]2[C@]1(C)CC[C@@H]1[C@]2(C)CC[C@@]2(C)[C@H]3CC(C)(C)CC[C@]3(C)CC[C@]12C. The molecule has 5 aliphatic carbocycles. The van der Waals surface area contributed by atoms with Gasteiger partial charge in [-0.15, -0.1) is 0 Å². The number of rotatable bonds is 0. The lowest BCUT2D eigenvalue weighted by Crippen LogP contribution is -2.68. The lowest BCUT2D eigenvalue weighted by atomic mass is 9.30. The van der Waals surface area contributed by atoms with Crippen molar-refractivity contribution >= 4 is 5.78 Å². The molecule has 0 unspecified atom stereocenters. The molecule has 32 heavy (non-hydrogen) atoms. The second kappa shape index (κ2) is 6.64. The second-order valence-corrected chi connectivity index (χ2v) is 15.4. The van der Waals surface area contributed by atoms with Gasteiger partial charge in [-0.3, -0.25) is 4.79 Å². The standard InChI is InChI=1S/C30H50O2/c1-19-24(32)20(31)17-22-27(19,5)10-9-21-28(22,6)14-16-30(8)23-18-25(2,3)11-12-26(23,4)13-15-29(21,30)7/h19-23,31H,9-18H2,1-8H3/t19-,20+,21-,22-,23+,26-,27-,28+,29-,30+/m1/s1. The van der Waals surface area contributed by atoms with Crippen molar-refractivity contribution in [3.8, 4) is 0 Å². The highest BCUT2D eigenvalue weighted by Crippen LogP contribution is 2.78. The van der Waals surface area contributed by atoms with Crippen LogP contribution in [0.5, 0.6) is 0 Å². The molecule has 5 fully saturated rings. The quantitative estimate of drug-likeness (QED) is 0.423. The molecular formula is C30H50O2. The van der Waals surface area contributed by atoms with Gasteiger partial charge in [-0.1, -0.05) is 55.4 Å². The number of aliphatic hydroxyl groups excluding tert-OH is 1. The molecule has 0 aromatic heterocycles. The smallest absolute Gasteiger partial charge is 0.164 e. The van der Waals surface area contributed by atoms with Crippen LogP contribution in [0.15, 0.2) is 0 Å². The molecule has 0 aromatic rings. The summed E-state index contributed by atoms with van der Waals surface area (Å²) in [5.74, 6) is 2.11. The van der Waals surface area contributed by atoms with E-state index >= 15 is 0 Å². The van der Waals surface area contributed by atoms with E-state index < -0.39 is 6.10 Å². The molecule has 2 nitrogen and oxygen atoms in total. The van der Waals surface area contributed by atoms with Gasteiger partial charge in [0, 0.05) is 5.92 Å². The number of aliphatic hydroxyl groups is 1. The topological polar surface area (TPSA) is 37.3 Å². The number of ketones is 1. The van der Waals surface area contributed by atoms with Gasteiger partial charge < -0.3 is 5.11 Å². The lowest BCUT2D eigenvalue weighted by Gasteiger charge is -2.75. The molecule has 10 atom stereocenters. The molecule has 2 heteroatoms. The normalized spacial score (nSPS) is 59.4. The van der Waals surface area contributed by atoms with E-state index in [9.17, 15) is 9.90 Å². The minimum Gasteiger partial charge on any atom is -0.385 e. The first-order valence-corrected chi connectivity index (χ1v) is 13.8. The zero-order valence-corrected chi connectivity index (χ0v) is 22.3. The van der Waals surface area contributed by atoms with Crippen molar-refractivity contribution in [1.82, 2.24) is 0 Å². The first-order valence-electron chi connectivity index (χ1n) is 13.8. The van der Waals surface area contributed by atoms with Gasteiger partial charge in [0.1, 0.15) is 6.10 Å². The molecule has 0 saturated heterocycles. The van der Waals surface area contributed by atoms with E-state index in [0.29, 0.717) is 39.9 Å². The Hall–Kier alpha value is -0.370. The summed E-state index contributed by atoms with van der Waals surface area (Å²) < 4.78 is 0. The van der Waals surface area contributed by atoms with Crippen molar-refractivity contribution in [1.29, 1.82) is 0 Å². The Labute approximate surface area is 197 Å². The van der Waals surface area contributed by atoms with Gasteiger partial charge >= 0.3 is 0 Å². The van der Waals surface area contributed by atoms with Crippen LogP contribution >= 0.6 is 0 Å². The number of carbonyl (C=O) groups is 1. The van der Waals surface area contributed by atoms with Gasteiger partial charge in [-0.2, -0.15) is 0 Å². The summed E-state index contributed by atoms with van der Waals surface area (Å²) in [5.41, 5.74) is 2.07. The number of hydrogen-bond acceptors (Lipinski definition) is 2. The van der Waals surface area contributed by atoms with Gasteiger partial charge in [0.05, 0.1) is 0 Å². The monoisotopic (exact) mass is 442 g/mol. The maximum atomic E-state index is 12.8. The van der Waals surface area contributed by atoms with E-state index in [-0.39, 0.29) is 22.5 Å². The van der Waals surface area contributed by atoms with Crippen LogP contribution in [0.4, 0.5) is 0 Å². The number of carbonyl (C=O) groups excluding carboxylic acids is 1. The Morgan fingerprint density at radius 2 is 1.31 bits per heavy atom. The minimum absolute atomic E-state index is 0.0102. The summed E-state index contributed by atoms with van der Waals surface area (Å²) in [5, 5.41) is 10.7. The van der Waals surface area contributed by atoms with Gasteiger partial charge in [0.25, 0.3) is 0 Å². The summed E-state index contributed by atoms with van der Waals surface area (Å²) in [7, 11) is 0. The molecule has 5 saturated carbocycles. The van der Waals surface area contributed by atoms with Crippen molar-refractivity contribution in [3.05, 3.63) is 0 Å². The molecule has 5 aliphatic rings. The van der Waals surface area contributed by atoms with Crippen molar-refractivity contribution in [3.63, 3.8) is 0 Å². The first kappa shape index (κ1) is 23.4. The number of Topliss-reactive ketones (excluding diaryl/α,β-unsaturated/α-hetero) is 1. The minimum atomic E-state index is -0.742. The first-order chi connectivity index (χ1) is 14.6. The number of fused-ring (bicyclic) bond motifs is 7. The van der Waals surface area contributed by atoms with Crippen LogP contribution in [0.3, 0.4) is 0 Å². The fourth-order valence-electron chi connectivity index (χ4n) is 11.1. The van der Waals surface area contributed by atoms with Crippen molar-refractivity contribution in [2.24, 2.45) is 56.2 Å². The second-order valence-electron chi connectivity index (χ2n) is 15.4. The average molecular weight is 443 g/mol. The summed E-state index contributed by atoms with van der Waals surface area (Å²) >= 11 is 0. The molecule has 0 spiro atoms. The number of hydrogen-bond donors (Lipinski definition) is 1. The van der Waals surface area contributed by atoms with E-state index in [1.54, 1.807) is 0 Å². The molecule has 0 aromatic carbocycles.